The summed E-state index contributed by atoms with van der Waals surface area (Å²) < 4.78 is 1.80. The van der Waals surface area contributed by atoms with Crippen molar-refractivity contribution in [3.63, 3.8) is 0 Å². The van der Waals surface area contributed by atoms with Gasteiger partial charge in [-0.2, -0.15) is 11.8 Å². The van der Waals surface area contributed by atoms with E-state index in [2.05, 4.69) is 21.9 Å². The highest BCUT2D eigenvalue weighted by molar-refractivity contribution is 7.99. The number of rotatable bonds is 7. The van der Waals surface area contributed by atoms with Crippen LogP contribution in [0.15, 0.2) is 6.20 Å². The molecule has 1 aromatic heterocycles. The van der Waals surface area contributed by atoms with Crippen molar-refractivity contribution in [1.82, 2.24) is 20.3 Å². The van der Waals surface area contributed by atoms with Crippen molar-refractivity contribution in [2.75, 3.05) is 12.9 Å². The van der Waals surface area contributed by atoms with Gasteiger partial charge in [0.15, 0.2) is 0 Å². The van der Waals surface area contributed by atoms with Gasteiger partial charge in [0.2, 0.25) is 0 Å². The number of hydrogen-bond acceptors (Lipinski definition) is 5. The van der Waals surface area contributed by atoms with Crippen LogP contribution in [0.1, 0.15) is 37.8 Å². The maximum Gasteiger partial charge on any atom is 0.0964 e. The van der Waals surface area contributed by atoms with Crippen molar-refractivity contribution in [3.8, 4) is 0 Å². The zero-order valence-corrected chi connectivity index (χ0v) is 12.4. The average molecular weight is 284 g/mol. The van der Waals surface area contributed by atoms with E-state index in [4.69, 9.17) is 5.11 Å². The molecule has 0 spiro atoms. The van der Waals surface area contributed by atoms with Crippen molar-refractivity contribution in [2.24, 2.45) is 0 Å². The number of aliphatic hydroxyl groups is 1. The van der Waals surface area contributed by atoms with Gasteiger partial charge in [-0.25, -0.2) is 0 Å². The molecule has 1 saturated carbocycles. The lowest BCUT2D eigenvalue weighted by molar-refractivity contribution is 0.276. The van der Waals surface area contributed by atoms with Crippen LogP contribution in [-0.2, 0) is 13.1 Å². The molecule has 0 unspecified atom stereocenters. The number of thioether (sulfide) groups is 1. The minimum Gasteiger partial charge on any atom is -0.396 e. The SMILES string of the molecule is CSC1CCC(NCc2cn(CCCO)nn2)CC1. The highest BCUT2D eigenvalue weighted by atomic mass is 32.2. The second-order valence-electron chi connectivity index (χ2n) is 5.14. The van der Waals surface area contributed by atoms with Crippen molar-refractivity contribution in [2.45, 2.75) is 56.5 Å². The third-order valence-corrected chi connectivity index (χ3v) is 4.85. The molecule has 1 heterocycles. The second-order valence-corrected chi connectivity index (χ2v) is 6.28. The van der Waals surface area contributed by atoms with Crippen LogP contribution in [0.3, 0.4) is 0 Å². The van der Waals surface area contributed by atoms with Crippen molar-refractivity contribution in [1.29, 1.82) is 0 Å². The molecule has 2 N–H and O–H groups in total. The van der Waals surface area contributed by atoms with Crippen LogP contribution in [0.5, 0.6) is 0 Å². The summed E-state index contributed by atoms with van der Waals surface area (Å²) in [5.41, 5.74) is 0.991. The average Bonchev–Trinajstić information content (AvgIpc) is 2.91. The molecule has 19 heavy (non-hydrogen) atoms. The fourth-order valence-corrected chi connectivity index (χ4v) is 3.26. The molecule has 2 rings (SSSR count). The maximum absolute atomic E-state index is 8.77. The van der Waals surface area contributed by atoms with Gasteiger partial charge >= 0.3 is 0 Å². The van der Waals surface area contributed by atoms with Crippen LogP contribution in [-0.4, -0.2) is 44.3 Å². The van der Waals surface area contributed by atoms with E-state index in [0.29, 0.717) is 6.04 Å². The first kappa shape index (κ1) is 14.8. The molecule has 0 bridgehead atoms. The molecule has 0 amide bonds. The van der Waals surface area contributed by atoms with Gasteiger partial charge in [-0.1, -0.05) is 5.21 Å². The number of nitrogens with zero attached hydrogens (tertiary/aromatic N) is 3. The summed E-state index contributed by atoms with van der Waals surface area (Å²) in [5, 5.41) is 21.4. The van der Waals surface area contributed by atoms with Crippen LogP contribution in [0.25, 0.3) is 0 Å². The number of aliphatic hydroxyl groups excluding tert-OH is 1. The van der Waals surface area contributed by atoms with Crippen LogP contribution >= 0.6 is 11.8 Å². The molecule has 6 heteroatoms. The van der Waals surface area contributed by atoms with E-state index < -0.39 is 0 Å². The smallest absolute Gasteiger partial charge is 0.0964 e. The molecule has 0 saturated heterocycles. The molecule has 0 aliphatic heterocycles. The fourth-order valence-electron chi connectivity index (χ4n) is 2.51. The van der Waals surface area contributed by atoms with Gasteiger partial charge in [-0.15, -0.1) is 5.10 Å². The minimum absolute atomic E-state index is 0.201. The van der Waals surface area contributed by atoms with E-state index in [1.165, 1.54) is 25.7 Å². The first-order valence-electron chi connectivity index (χ1n) is 7.08. The Kier molecular flexibility index (Phi) is 6.13. The number of aromatic nitrogens is 3. The Balaban J connectivity index is 1.69. The van der Waals surface area contributed by atoms with Gasteiger partial charge in [0.25, 0.3) is 0 Å². The Hall–Kier alpha value is -0.590. The molecule has 1 aliphatic rings. The molecule has 108 valence electrons. The van der Waals surface area contributed by atoms with E-state index in [0.717, 1.165) is 30.5 Å². The second kappa shape index (κ2) is 7.87. The zero-order valence-electron chi connectivity index (χ0n) is 11.6. The summed E-state index contributed by atoms with van der Waals surface area (Å²) in [7, 11) is 0. The Bertz CT molecular complexity index is 363. The normalized spacial score (nSPS) is 23.7. The molecular weight excluding hydrogens is 260 g/mol. The summed E-state index contributed by atoms with van der Waals surface area (Å²) in [6, 6.07) is 0.631. The lowest BCUT2D eigenvalue weighted by Gasteiger charge is -2.27. The van der Waals surface area contributed by atoms with Gasteiger partial charge in [0.1, 0.15) is 0 Å². The Labute approximate surface area is 119 Å². The highest BCUT2D eigenvalue weighted by Crippen LogP contribution is 2.26. The van der Waals surface area contributed by atoms with E-state index >= 15 is 0 Å². The first-order valence-corrected chi connectivity index (χ1v) is 8.36. The quantitative estimate of drug-likeness (QED) is 0.793. The minimum atomic E-state index is 0.201. The molecule has 0 radical (unpaired) electrons. The standard InChI is InChI=1S/C13H24N4OS/c1-19-13-5-3-11(4-6-13)14-9-12-10-17(16-15-12)7-2-8-18/h10-11,13-14,18H,2-9H2,1H3. The fraction of sp³-hybridized carbons (Fsp3) is 0.846. The zero-order chi connectivity index (χ0) is 13.5. The lowest BCUT2D eigenvalue weighted by Crippen LogP contribution is -2.33. The summed E-state index contributed by atoms with van der Waals surface area (Å²) in [4.78, 5) is 0. The van der Waals surface area contributed by atoms with E-state index in [1.54, 1.807) is 4.68 Å². The summed E-state index contributed by atoms with van der Waals surface area (Å²) >= 11 is 2.00. The first-order chi connectivity index (χ1) is 9.31. The van der Waals surface area contributed by atoms with Crippen LogP contribution in [0.4, 0.5) is 0 Å². The highest BCUT2D eigenvalue weighted by Gasteiger charge is 2.20. The predicted molar refractivity (Wildman–Crippen MR) is 78.1 cm³/mol. The van der Waals surface area contributed by atoms with E-state index in [1.807, 2.05) is 18.0 Å². The molecular formula is C13H24N4OS. The third kappa shape index (κ3) is 4.78. The summed E-state index contributed by atoms with van der Waals surface area (Å²) in [5.74, 6) is 0. The molecule has 0 atom stereocenters. The molecule has 0 aromatic carbocycles. The predicted octanol–water partition coefficient (Wildman–Crippen LogP) is 1.42. The lowest BCUT2D eigenvalue weighted by atomic mass is 9.95. The van der Waals surface area contributed by atoms with Crippen LogP contribution < -0.4 is 5.32 Å². The maximum atomic E-state index is 8.77. The van der Waals surface area contributed by atoms with Crippen LogP contribution in [0, 0.1) is 0 Å². The van der Waals surface area contributed by atoms with Crippen LogP contribution in [0.2, 0.25) is 0 Å². The van der Waals surface area contributed by atoms with Crippen molar-refractivity contribution in [3.05, 3.63) is 11.9 Å². The summed E-state index contributed by atoms with van der Waals surface area (Å²) in [6.45, 7) is 1.74. The topological polar surface area (TPSA) is 63.0 Å². The van der Waals surface area contributed by atoms with Crippen molar-refractivity contribution >= 4 is 11.8 Å². The largest absolute Gasteiger partial charge is 0.396 e. The van der Waals surface area contributed by atoms with Gasteiger partial charge in [0, 0.05) is 37.2 Å². The summed E-state index contributed by atoms with van der Waals surface area (Å²) in [6.07, 6.45) is 10.1. The Morgan fingerprint density at radius 3 is 2.89 bits per heavy atom. The Morgan fingerprint density at radius 2 is 2.21 bits per heavy atom. The number of aryl methyl sites for hydroxylation is 1. The van der Waals surface area contributed by atoms with Crippen molar-refractivity contribution < 1.29 is 5.11 Å². The monoisotopic (exact) mass is 284 g/mol. The molecule has 5 nitrogen and oxygen atoms in total. The molecule has 1 fully saturated rings. The Morgan fingerprint density at radius 1 is 1.42 bits per heavy atom. The van der Waals surface area contributed by atoms with Gasteiger partial charge in [-0.3, -0.25) is 4.68 Å². The van der Waals surface area contributed by atoms with Gasteiger partial charge < -0.3 is 10.4 Å². The number of nitrogens with one attached hydrogen (secondary N) is 1. The van der Waals surface area contributed by atoms with Gasteiger partial charge in [0.05, 0.1) is 5.69 Å². The number of hydrogen-bond donors (Lipinski definition) is 2. The molecule has 1 aliphatic carbocycles. The van der Waals surface area contributed by atoms with E-state index in [9.17, 15) is 0 Å². The third-order valence-electron chi connectivity index (χ3n) is 3.71. The van der Waals surface area contributed by atoms with Gasteiger partial charge in [-0.05, 0) is 38.4 Å². The van der Waals surface area contributed by atoms with E-state index in [-0.39, 0.29) is 6.61 Å². The molecule has 1 aromatic rings.